The topological polar surface area (TPSA) is 56.5 Å². The average molecular weight is 352 g/mol. The van der Waals surface area contributed by atoms with Gasteiger partial charge in [-0.3, -0.25) is 4.79 Å². The molecule has 3 rings (SSSR count). The Morgan fingerprint density at radius 2 is 1.88 bits per heavy atom. The summed E-state index contributed by atoms with van der Waals surface area (Å²) in [7, 11) is 0. The lowest BCUT2D eigenvalue weighted by Crippen LogP contribution is -2.11. The number of hydrogen-bond donors (Lipinski definition) is 0. The van der Waals surface area contributed by atoms with Gasteiger partial charge in [0.15, 0.2) is 12.4 Å². The highest BCUT2D eigenvalue weighted by Gasteiger charge is 2.13. The number of thioether (sulfide) groups is 1. The SMILES string of the molecule is CSc1ccc(/C=C/C(=O)OCC(=O)c2cc3ccccc3o2)cc1. The quantitative estimate of drug-likeness (QED) is 0.281. The molecule has 5 heteroatoms. The summed E-state index contributed by atoms with van der Waals surface area (Å²) in [6, 6.07) is 16.7. The number of ether oxygens (including phenoxy) is 1. The Bertz CT molecular complexity index is 889. The molecule has 0 radical (unpaired) electrons. The van der Waals surface area contributed by atoms with Crippen molar-refractivity contribution in [3.8, 4) is 0 Å². The molecule has 4 nitrogen and oxygen atoms in total. The predicted molar refractivity (Wildman–Crippen MR) is 98.8 cm³/mol. The highest BCUT2D eigenvalue weighted by molar-refractivity contribution is 7.98. The Morgan fingerprint density at radius 1 is 1.12 bits per heavy atom. The number of para-hydroxylation sites is 1. The summed E-state index contributed by atoms with van der Waals surface area (Å²) in [6.07, 6.45) is 4.96. The Hall–Kier alpha value is -2.79. The molecule has 0 unspecified atom stereocenters. The fourth-order valence-corrected chi connectivity index (χ4v) is 2.66. The van der Waals surface area contributed by atoms with Gasteiger partial charge in [-0.2, -0.15) is 0 Å². The van der Waals surface area contributed by atoms with Crippen molar-refractivity contribution in [2.24, 2.45) is 0 Å². The zero-order valence-electron chi connectivity index (χ0n) is 13.6. The van der Waals surface area contributed by atoms with Gasteiger partial charge < -0.3 is 9.15 Å². The van der Waals surface area contributed by atoms with Gasteiger partial charge in [-0.1, -0.05) is 30.3 Å². The second-order valence-electron chi connectivity index (χ2n) is 5.29. The lowest BCUT2D eigenvalue weighted by Gasteiger charge is -1.99. The summed E-state index contributed by atoms with van der Waals surface area (Å²) in [4.78, 5) is 25.0. The number of carbonyl (C=O) groups is 2. The standard InChI is InChI=1S/C20H16O4S/c1-25-16-9-6-14(7-10-16)8-11-20(22)23-13-17(21)19-12-15-4-2-3-5-18(15)24-19/h2-12H,13H2,1H3/b11-8+. The molecule has 3 aromatic rings. The summed E-state index contributed by atoms with van der Waals surface area (Å²) < 4.78 is 10.4. The molecule has 0 saturated carbocycles. The molecule has 0 bridgehead atoms. The summed E-state index contributed by atoms with van der Waals surface area (Å²) in [5, 5.41) is 0.839. The smallest absolute Gasteiger partial charge is 0.331 e. The van der Waals surface area contributed by atoms with Crippen LogP contribution in [0.5, 0.6) is 0 Å². The number of benzene rings is 2. The van der Waals surface area contributed by atoms with Crippen LogP contribution in [0.4, 0.5) is 0 Å². The van der Waals surface area contributed by atoms with Gasteiger partial charge >= 0.3 is 5.97 Å². The maximum absolute atomic E-state index is 12.1. The minimum Gasteiger partial charge on any atom is -0.454 e. The van der Waals surface area contributed by atoms with Crippen LogP contribution in [-0.2, 0) is 9.53 Å². The van der Waals surface area contributed by atoms with Crippen molar-refractivity contribution in [2.75, 3.05) is 12.9 Å². The minimum absolute atomic E-state index is 0.186. The van der Waals surface area contributed by atoms with Gasteiger partial charge in [0.05, 0.1) is 0 Å². The van der Waals surface area contributed by atoms with Crippen LogP contribution in [0, 0.1) is 0 Å². The summed E-state index contributed by atoms with van der Waals surface area (Å²) >= 11 is 1.65. The second kappa shape index (κ2) is 7.85. The monoisotopic (exact) mass is 352 g/mol. The summed E-state index contributed by atoms with van der Waals surface area (Å²) in [6.45, 7) is -0.353. The highest BCUT2D eigenvalue weighted by atomic mass is 32.2. The lowest BCUT2D eigenvalue weighted by atomic mass is 10.2. The molecule has 0 aliphatic rings. The zero-order valence-corrected chi connectivity index (χ0v) is 14.4. The van der Waals surface area contributed by atoms with E-state index >= 15 is 0 Å². The van der Waals surface area contributed by atoms with E-state index < -0.39 is 5.97 Å². The second-order valence-corrected chi connectivity index (χ2v) is 6.17. The van der Waals surface area contributed by atoms with Gasteiger partial charge in [0.1, 0.15) is 5.58 Å². The van der Waals surface area contributed by atoms with Crippen molar-refractivity contribution in [1.82, 2.24) is 0 Å². The van der Waals surface area contributed by atoms with Gasteiger partial charge in [0.25, 0.3) is 0 Å². The van der Waals surface area contributed by atoms with Crippen molar-refractivity contribution in [3.05, 3.63) is 72.0 Å². The molecule has 126 valence electrons. The van der Waals surface area contributed by atoms with E-state index in [0.717, 1.165) is 15.8 Å². The van der Waals surface area contributed by atoms with Crippen molar-refractivity contribution < 1.29 is 18.7 Å². The molecule has 0 fully saturated rings. The number of furan rings is 1. The van der Waals surface area contributed by atoms with Gasteiger partial charge in [0, 0.05) is 16.4 Å². The molecule has 0 spiro atoms. The molecule has 0 N–H and O–H groups in total. The summed E-state index contributed by atoms with van der Waals surface area (Å²) in [5.41, 5.74) is 1.52. The van der Waals surface area contributed by atoms with E-state index in [9.17, 15) is 9.59 Å². The fraction of sp³-hybridized carbons (Fsp3) is 0.100. The minimum atomic E-state index is -0.571. The molecular formula is C20H16O4S. The Morgan fingerprint density at radius 3 is 2.60 bits per heavy atom. The first kappa shape index (κ1) is 17.0. The van der Waals surface area contributed by atoms with Crippen molar-refractivity contribution in [1.29, 1.82) is 0 Å². The first-order valence-corrected chi connectivity index (χ1v) is 8.89. The molecule has 0 amide bonds. The third kappa shape index (κ3) is 4.39. The van der Waals surface area contributed by atoms with E-state index in [1.807, 2.05) is 48.7 Å². The van der Waals surface area contributed by atoms with Crippen LogP contribution in [0.1, 0.15) is 16.1 Å². The average Bonchev–Trinajstić information content (AvgIpc) is 3.09. The third-order valence-corrected chi connectivity index (χ3v) is 4.32. The fourth-order valence-electron chi connectivity index (χ4n) is 2.25. The van der Waals surface area contributed by atoms with E-state index in [2.05, 4.69) is 0 Å². The van der Waals surface area contributed by atoms with Crippen LogP contribution in [0.15, 0.2) is 70.0 Å². The van der Waals surface area contributed by atoms with Crippen LogP contribution in [0.25, 0.3) is 17.0 Å². The molecule has 1 heterocycles. The van der Waals surface area contributed by atoms with Gasteiger partial charge in [-0.05, 0) is 42.2 Å². The molecule has 0 aliphatic carbocycles. The number of rotatable bonds is 6. The number of Topliss-reactive ketones (excluding diaryl/α,β-unsaturated/α-hetero) is 1. The first-order valence-electron chi connectivity index (χ1n) is 7.66. The van der Waals surface area contributed by atoms with Gasteiger partial charge in [-0.15, -0.1) is 11.8 Å². The number of hydrogen-bond acceptors (Lipinski definition) is 5. The maximum Gasteiger partial charge on any atom is 0.331 e. The van der Waals surface area contributed by atoms with Crippen molar-refractivity contribution in [2.45, 2.75) is 4.90 Å². The van der Waals surface area contributed by atoms with Crippen LogP contribution in [0.3, 0.4) is 0 Å². The maximum atomic E-state index is 12.1. The number of esters is 1. The summed E-state index contributed by atoms with van der Waals surface area (Å²) in [5.74, 6) is -0.758. The largest absolute Gasteiger partial charge is 0.454 e. The molecule has 0 atom stereocenters. The molecule has 0 saturated heterocycles. The first-order chi connectivity index (χ1) is 12.2. The van der Waals surface area contributed by atoms with Crippen molar-refractivity contribution in [3.63, 3.8) is 0 Å². The Kier molecular flexibility index (Phi) is 5.36. The van der Waals surface area contributed by atoms with E-state index in [1.54, 1.807) is 30.0 Å². The molecular weight excluding hydrogens is 336 g/mol. The van der Waals surface area contributed by atoms with E-state index in [4.69, 9.17) is 9.15 Å². The van der Waals surface area contributed by atoms with Crippen LogP contribution >= 0.6 is 11.8 Å². The predicted octanol–water partition coefficient (Wildman–Crippen LogP) is 4.59. The molecule has 25 heavy (non-hydrogen) atoms. The van der Waals surface area contributed by atoms with E-state index in [1.165, 1.54) is 6.08 Å². The van der Waals surface area contributed by atoms with Crippen LogP contribution in [0.2, 0.25) is 0 Å². The van der Waals surface area contributed by atoms with E-state index in [-0.39, 0.29) is 18.2 Å². The molecule has 2 aromatic carbocycles. The normalized spacial score (nSPS) is 11.1. The van der Waals surface area contributed by atoms with Crippen LogP contribution < -0.4 is 0 Å². The lowest BCUT2D eigenvalue weighted by molar-refractivity contribution is -0.136. The van der Waals surface area contributed by atoms with Crippen molar-refractivity contribution >= 4 is 40.6 Å². The Labute approximate surface area is 149 Å². The van der Waals surface area contributed by atoms with Gasteiger partial charge in [0.2, 0.25) is 5.78 Å². The third-order valence-electron chi connectivity index (χ3n) is 3.57. The number of carbonyl (C=O) groups excluding carboxylic acids is 2. The molecule has 1 aromatic heterocycles. The highest BCUT2D eigenvalue weighted by Crippen LogP contribution is 2.19. The van der Waals surface area contributed by atoms with E-state index in [0.29, 0.717) is 5.58 Å². The number of ketones is 1. The molecule has 0 aliphatic heterocycles. The number of fused-ring (bicyclic) bond motifs is 1. The van der Waals surface area contributed by atoms with Crippen LogP contribution in [-0.4, -0.2) is 24.6 Å². The Balaban J connectivity index is 1.55. The van der Waals surface area contributed by atoms with Gasteiger partial charge in [-0.25, -0.2) is 4.79 Å². The zero-order chi connectivity index (χ0) is 17.6.